The van der Waals surface area contributed by atoms with Crippen molar-refractivity contribution in [2.24, 2.45) is 0 Å². The average molecular weight is 389 g/mol. The quantitative estimate of drug-likeness (QED) is 0.497. The van der Waals surface area contributed by atoms with E-state index < -0.39 is 10.0 Å². The van der Waals surface area contributed by atoms with Gasteiger partial charge in [0.25, 0.3) is 10.0 Å². The zero-order valence-electron chi connectivity index (χ0n) is 15.5. The molecule has 0 amide bonds. The van der Waals surface area contributed by atoms with Gasteiger partial charge in [-0.05, 0) is 55.9 Å². The van der Waals surface area contributed by atoms with Gasteiger partial charge in [0, 0.05) is 12.0 Å². The largest absolute Gasteiger partial charge is 0.284 e. The number of nitrogens with zero attached hydrogens (tertiary/aromatic N) is 3. The first-order valence-corrected chi connectivity index (χ1v) is 10.3. The van der Waals surface area contributed by atoms with E-state index in [2.05, 4.69) is 34.0 Å². The lowest BCUT2D eigenvalue weighted by atomic mass is 10.2. The van der Waals surface area contributed by atoms with E-state index in [-0.39, 0.29) is 4.90 Å². The number of hydrogen-bond acceptors (Lipinski definition) is 4. The first kappa shape index (κ1) is 19.4. The molecule has 2 aromatic carbocycles. The van der Waals surface area contributed by atoms with Gasteiger partial charge in [0.05, 0.1) is 16.8 Å². The predicted molar refractivity (Wildman–Crippen MR) is 108 cm³/mol. The highest BCUT2D eigenvalue weighted by Gasteiger charge is 2.18. The molecule has 3 rings (SSSR count). The fourth-order valence-corrected chi connectivity index (χ4v) is 3.51. The standard InChI is InChI=1S/C22H19N3O2S/c1-19-14-16-22(17-15-19)28(26,27)25-18-21(23-24-25)13-9-4-2-3-6-10-20-11-7-5-8-12-20/h5,7-8,11-12,14-18H,4,9,13H2,1H3. The Bertz CT molecular complexity index is 1160. The molecule has 0 aliphatic rings. The average Bonchev–Trinajstić information content (AvgIpc) is 3.18. The molecule has 0 N–H and O–H groups in total. The highest BCUT2D eigenvalue weighted by molar-refractivity contribution is 7.89. The van der Waals surface area contributed by atoms with Crippen LogP contribution in [0.15, 0.2) is 65.7 Å². The zero-order valence-corrected chi connectivity index (χ0v) is 16.3. The number of benzene rings is 2. The Labute approximate surface area is 165 Å². The van der Waals surface area contributed by atoms with Crippen LogP contribution < -0.4 is 0 Å². The molecule has 0 fully saturated rings. The van der Waals surface area contributed by atoms with E-state index in [0.717, 1.165) is 21.6 Å². The summed E-state index contributed by atoms with van der Waals surface area (Å²) in [4.78, 5) is 0.192. The molecule has 0 aliphatic carbocycles. The van der Waals surface area contributed by atoms with E-state index in [9.17, 15) is 8.42 Å². The van der Waals surface area contributed by atoms with E-state index in [1.807, 2.05) is 37.3 Å². The fraction of sp³-hybridized carbons (Fsp3) is 0.182. The summed E-state index contributed by atoms with van der Waals surface area (Å²) in [5.41, 5.74) is 2.55. The summed E-state index contributed by atoms with van der Waals surface area (Å²) in [6.07, 6.45) is 3.46. The van der Waals surface area contributed by atoms with Gasteiger partial charge in [-0.2, -0.15) is 8.42 Å². The summed E-state index contributed by atoms with van der Waals surface area (Å²) in [5, 5.41) is 7.73. The molecule has 0 aliphatic heterocycles. The van der Waals surface area contributed by atoms with Gasteiger partial charge in [-0.25, -0.2) is 0 Å². The minimum absolute atomic E-state index is 0.192. The SMILES string of the molecule is Cc1ccc(S(=O)(=O)n2cc(CCCC#CC#Cc3ccccc3)nn2)cc1. The van der Waals surface area contributed by atoms with Gasteiger partial charge in [-0.1, -0.05) is 52.9 Å². The van der Waals surface area contributed by atoms with Crippen molar-refractivity contribution in [1.29, 1.82) is 0 Å². The fourth-order valence-electron chi connectivity index (χ4n) is 2.42. The molecule has 0 saturated carbocycles. The van der Waals surface area contributed by atoms with Gasteiger partial charge in [-0.3, -0.25) is 0 Å². The third-order valence-electron chi connectivity index (χ3n) is 3.95. The normalized spacial score (nSPS) is 10.5. The molecule has 6 heteroatoms. The topological polar surface area (TPSA) is 64.8 Å². The summed E-state index contributed by atoms with van der Waals surface area (Å²) < 4.78 is 26.0. The van der Waals surface area contributed by atoms with E-state index in [1.165, 1.54) is 6.20 Å². The maximum Gasteiger partial charge on any atom is 0.284 e. The molecule has 0 saturated heterocycles. The highest BCUT2D eigenvalue weighted by Crippen LogP contribution is 2.14. The monoisotopic (exact) mass is 389 g/mol. The number of rotatable bonds is 5. The molecule has 3 aromatic rings. The first-order valence-electron chi connectivity index (χ1n) is 8.83. The third-order valence-corrected chi connectivity index (χ3v) is 5.49. The Morgan fingerprint density at radius 1 is 1.00 bits per heavy atom. The van der Waals surface area contributed by atoms with E-state index in [1.54, 1.807) is 24.3 Å². The second-order valence-electron chi connectivity index (χ2n) is 6.17. The number of aromatic nitrogens is 3. The van der Waals surface area contributed by atoms with Gasteiger partial charge < -0.3 is 0 Å². The van der Waals surface area contributed by atoms with Gasteiger partial charge in [0.15, 0.2) is 0 Å². The van der Waals surface area contributed by atoms with Gasteiger partial charge in [-0.15, -0.1) is 9.19 Å². The van der Waals surface area contributed by atoms with Gasteiger partial charge in [0.1, 0.15) is 0 Å². The predicted octanol–water partition coefficient (Wildman–Crippen LogP) is 3.20. The first-order chi connectivity index (χ1) is 13.6. The summed E-state index contributed by atoms with van der Waals surface area (Å²) in [5.74, 6) is 11.6. The smallest absolute Gasteiger partial charge is 0.199 e. The second kappa shape index (κ2) is 9.03. The molecule has 28 heavy (non-hydrogen) atoms. The Morgan fingerprint density at radius 3 is 2.50 bits per heavy atom. The molecule has 0 atom stereocenters. The van der Waals surface area contributed by atoms with Crippen LogP contribution >= 0.6 is 0 Å². The number of hydrogen-bond donors (Lipinski definition) is 0. The molecule has 1 heterocycles. The Hall–Kier alpha value is -3.35. The van der Waals surface area contributed by atoms with Gasteiger partial charge in [0.2, 0.25) is 0 Å². The summed E-state index contributed by atoms with van der Waals surface area (Å²) in [6.45, 7) is 1.90. The van der Waals surface area contributed by atoms with Crippen LogP contribution in [0.5, 0.6) is 0 Å². The lowest BCUT2D eigenvalue weighted by Crippen LogP contribution is -2.13. The lowest BCUT2D eigenvalue weighted by Gasteiger charge is -2.03. The van der Waals surface area contributed by atoms with Crippen molar-refractivity contribution >= 4 is 10.0 Å². The van der Waals surface area contributed by atoms with E-state index in [0.29, 0.717) is 18.5 Å². The van der Waals surface area contributed by atoms with Crippen molar-refractivity contribution in [2.45, 2.75) is 31.1 Å². The molecule has 5 nitrogen and oxygen atoms in total. The van der Waals surface area contributed by atoms with Crippen LogP contribution in [0, 0.1) is 30.6 Å². The highest BCUT2D eigenvalue weighted by atomic mass is 32.2. The number of unbranched alkanes of at least 4 members (excludes halogenated alkanes) is 1. The minimum Gasteiger partial charge on any atom is -0.199 e. The summed E-state index contributed by atoms with van der Waals surface area (Å²) >= 11 is 0. The molecular formula is C22H19N3O2S. The van der Waals surface area contributed by atoms with Crippen molar-refractivity contribution < 1.29 is 8.42 Å². The molecule has 0 unspecified atom stereocenters. The maximum atomic E-state index is 12.5. The van der Waals surface area contributed by atoms with Crippen molar-refractivity contribution in [1.82, 2.24) is 14.4 Å². The molecule has 0 radical (unpaired) electrons. The zero-order chi connectivity index (χ0) is 19.8. The summed E-state index contributed by atoms with van der Waals surface area (Å²) in [7, 11) is -3.71. The van der Waals surface area contributed by atoms with E-state index in [4.69, 9.17) is 0 Å². The van der Waals surface area contributed by atoms with E-state index >= 15 is 0 Å². The van der Waals surface area contributed by atoms with Crippen LogP contribution in [0.3, 0.4) is 0 Å². The number of aryl methyl sites for hydroxylation is 2. The van der Waals surface area contributed by atoms with Crippen LogP contribution in [0.4, 0.5) is 0 Å². The minimum atomic E-state index is -3.71. The van der Waals surface area contributed by atoms with Crippen molar-refractivity contribution in [3.8, 4) is 23.7 Å². The van der Waals surface area contributed by atoms with Crippen LogP contribution in [-0.2, 0) is 16.4 Å². The van der Waals surface area contributed by atoms with Crippen molar-refractivity contribution in [2.75, 3.05) is 0 Å². The van der Waals surface area contributed by atoms with Crippen LogP contribution in [-0.4, -0.2) is 22.8 Å². The van der Waals surface area contributed by atoms with Crippen molar-refractivity contribution in [3.63, 3.8) is 0 Å². The third kappa shape index (κ3) is 5.09. The molecule has 0 spiro atoms. The van der Waals surface area contributed by atoms with Crippen LogP contribution in [0.2, 0.25) is 0 Å². The molecule has 140 valence electrons. The molecular weight excluding hydrogens is 370 g/mol. The maximum absolute atomic E-state index is 12.5. The van der Waals surface area contributed by atoms with Crippen LogP contribution in [0.25, 0.3) is 0 Å². The lowest BCUT2D eigenvalue weighted by molar-refractivity contribution is 0.577. The summed E-state index contributed by atoms with van der Waals surface area (Å²) in [6, 6.07) is 16.3. The Balaban J connectivity index is 1.54. The Morgan fingerprint density at radius 2 is 1.75 bits per heavy atom. The molecule has 1 aromatic heterocycles. The van der Waals surface area contributed by atoms with Crippen molar-refractivity contribution in [3.05, 3.63) is 77.6 Å². The van der Waals surface area contributed by atoms with Gasteiger partial charge >= 0.3 is 0 Å². The second-order valence-corrected chi connectivity index (χ2v) is 7.97. The molecule has 0 bridgehead atoms. The van der Waals surface area contributed by atoms with Crippen LogP contribution in [0.1, 0.15) is 29.7 Å². The Kier molecular flexibility index (Phi) is 6.26.